The SMILES string of the molecule is C[PH+](C)C.[Cl][Pt][Cl]. The van der Waals surface area contributed by atoms with Crippen molar-refractivity contribution in [2.45, 2.75) is 0 Å². The second kappa shape index (κ2) is 10.6. The Labute approximate surface area is 63.1 Å². The van der Waals surface area contributed by atoms with Gasteiger partial charge in [0.05, 0.1) is 0 Å². The third-order valence-electron chi connectivity index (χ3n) is 0. The Morgan fingerprint density at radius 3 is 1.14 bits per heavy atom. The Bertz CT molecular complexity index is 24.1. The Morgan fingerprint density at radius 1 is 1.14 bits per heavy atom. The third-order valence-corrected chi connectivity index (χ3v) is 0. The molecule has 0 saturated carbocycles. The van der Waals surface area contributed by atoms with E-state index in [0.29, 0.717) is 0 Å². The van der Waals surface area contributed by atoms with Crippen molar-refractivity contribution in [1.82, 2.24) is 0 Å². The molecule has 0 unspecified atom stereocenters. The summed E-state index contributed by atoms with van der Waals surface area (Å²) in [5.41, 5.74) is 0. The summed E-state index contributed by atoms with van der Waals surface area (Å²) >= 11 is -0.472. The topological polar surface area (TPSA) is 0 Å². The van der Waals surface area contributed by atoms with Crippen LogP contribution in [-0.4, -0.2) is 20.0 Å². The molecule has 0 bridgehead atoms. The van der Waals surface area contributed by atoms with Crippen molar-refractivity contribution in [3.05, 3.63) is 0 Å². The molecule has 4 heteroatoms. The Hall–Kier alpha value is 1.70. The standard InChI is InChI=1S/C3H9P.2ClH.Pt/c1-4(2)3;;;/h1-3H3;2*1H;/q;;;+2/p-1. The van der Waals surface area contributed by atoms with Crippen molar-refractivity contribution in [3.63, 3.8) is 0 Å². The molecule has 0 atom stereocenters. The van der Waals surface area contributed by atoms with E-state index in [0.717, 1.165) is 0 Å². The van der Waals surface area contributed by atoms with Gasteiger partial charge in [0.1, 0.15) is 0 Å². The predicted molar refractivity (Wildman–Crippen MR) is 37.8 cm³/mol. The average Bonchev–Trinajstić information content (AvgIpc) is 1.33. The van der Waals surface area contributed by atoms with Gasteiger partial charge in [0.2, 0.25) is 0 Å². The Kier molecular flexibility index (Phi) is 17.5. The molecule has 0 aliphatic rings. The zero-order valence-corrected chi connectivity index (χ0v) is 9.36. The van der Waals surface area contributed by atoms with Crippen LogP contribution in [0.1, 0.15) is 0 Å². The van der Waals surface area contributed by atoms with Gasteiger partial charge in [0.25, 0.3) is 0 Å². The van der Waals surface area contributed by atoms with E-state index >= 15 is 0 Å². The van der Waals surface area contributed by atoms with E-state index in [4.69, 9.17) is 18.8 Å². The van der Waals surface area contributed by atoms with Crippen LogP contribution in [0.4, 0.5) is 0 Å². The van der Waals surface area contributed by atoms with Crippen LogP contribution in [0.2, 0.25) is 0 Å². The quantitative estimate of drug-likeness (QED) is 0.593. The van der Waals surface area contributed by atoms with Crippen molar-refractivity contribution in [2.24, 2.45) is 0 Å². The van der Waals surface area contributed by atoms with Gasteiger partial charge in [-0.2, -0.15) is 0 Å². The van der Waals surface area contributed by atoms with Crippen molar-refractivity contribution in [2.75, 3.05) is 20.0 Å². The monoisotopic (exact) mass is 342 g/mol. The number of halogens is 2. The van der Waals surface area contributed by atoms with Gasteiger partial charge in [-0.15, -0.1) is 0 Å². The first kappa shape index (κ1) is 11.5. The summed E-state index contributed by atoms with van der Waals surface area (Å²) in [7, 11) is 9.87. The zero-order valence-electron chi connectivity index (χ0n) is 4.57. The van der Waals surface area contributed by atoms with E-state index in [-0.39, 0.29) is 7.92 Å². The average molecular weight is 343 g/mol. The maximum atomic E-state index is 4.88. The number of hydrogen-bond donors (Lipinski definition) is 0. The number of rotatable bonds is 0. The van der Waals surface area contributed by atoms with Crippen molar-refractivity contribution in [3.8, 4) is 0 Å². The molecule has 0 nitrogen and oxygen atoms in total. The predicted octanol–water partition coefficient (Wildman–Crippen LogP) is 2.47. The maximum absolute atomic E-state index is 4.88. The zero-order chi connectivity index (χ0) is 6.28. The third kappa shape index (κ3) is 86.7. The van der Waals surface area contributed by atoms with Gasteiger partial charge in [-0.1, -0.05) is 0 Å². The Balaban J connectivity index is 0. The molecule has 0 heterocycles. The fourth-order valence-corrected chi connectivity index (χ4v) is 0. The van der Waals surface area contributed by atoms with E-state index in [1.807, 2.05) is 0 Å². The molecule has 0 saturated heterocycles. The van der Waals surface area contributed by atoms with Gasteiger partial charge in [0.15, 0.2) is 0 Å². The minimum absolute atomic E-state index is 0.120. The van der Waals surface area contributed by atoms with Crippen LogP contribution in [0.3, 0.4) is 0 Å². The number of hydrogen-bond acceptors (Lipinski definition) is 0. The molecule has 0 rings (SSSR count). The molecule has 0 fully saturated rings. The minimum atomic E-state index is -0.472. The molecule has 0 N–H and O–H groups in total. The van der Waals surface area contributed by atoms with Gasteiger partial charge >= 0.3 is 35.3 Å². The summed E-state index contributed by atoms with van der Waals surface area (Å²) < 4.78 is 0. The first-order chi connectivity index (χ1) is 3.15. The van der Waals surface area contributed by atoms with Gasteiger partial charge in [-0.05, 0) is 7.92 Å². The van der Waals surface area contributed by atoms with Gasteiger partial charge in [-0.3, -0.25) is 0 Å². The van der Waals surface area contributed by atoms with Crippen molar-refractivity contribution < 1.29 is 16.5 Å². The van der Waals surface area contributed by atoms with Crippen LogP contribution in [0.15, 0.2) is 0 Å². The first-order valence-corrected chi connectivity index (χ1v) is 10.4. The molecule has 0 radical (unpaired) electrons. The second-order valence-electron chi connectivity index (χ2n) is 1.55. The van der Waals surface area contributed by atoms with Gasteiger partial charge < -0.3 is 0 Å². The molecule has 0 aliphatic carbocycles. The van der Waals surface area contributed by atoms with E-state index in [9.17, 15) is 0 Å². The van der Waals surface area contributed by atoms with E-state index in [1.165, 1.54) is 0 Å². The summed E-state index contributed by atoms with van der Waals surface area (Å²) in [6, 6.07) is 0. The first-order valence-electron chi connectivity index (χ1n) is 1.74. The van der Waals surface area contributed by atoms with Crippen molar-refractivity contribution in [1.29, 1.82) is 0 Å². The molecule has 0 aromatic heterocycles. The second-order valence-corrected chi connectivity index (χ2v) is 7.83. The van der Waals surface area contributed by atoms with E-state index in [1.54, 1.807) is 0 Å². The van der Waals surface area contributed by atoms with Crippen molar-refractivity contribution >= 4 is 26.8 Å². The molecule has 50 valence electrons. The summed E-state index contributed by atoms with van der Waals surface area (Å²) in [4.78, 5) is 0. The van der Waals surface area contributed by atoms with Crippen LogP contribution < -0.4 is 0 Å². The van der Waals surface area contributed by atoms with E-state index < -0.39 is 16.5 Å². The van der Waals surface area contributed by atoms with E-state index in [2.05, 4.69) is 20.0 Å². The van der Waals surface area contributed by atoms with Crippen LogP contribution >= 0.6 is 26.8 Å². The molecular formula is C3H10Cl2PPt+. The molecule has 0 aliphatic heterocycles. The normalized spacial score (nSPS) is 8.29. The van der Waals surface area contributed by atoms with Crippen LogP contribution in [-0.2, 0) is 16.5 Å². The molecule has 7 heavy (non-hydrogen) atoms. The summed E-state index contributed by atoms with van der Waals surface area (Å²) in [6.07, 6.45) is 0. The fraction of sp³-hybridized carbons (Fsp3) is 1.00. The molecule has 0 amide bonds. The summed E-state index contributed by atoms with van der Waals surface area (Å²) in [6.45, 7) is 6.81. The van der Waals surface area contributed by atoms with Gasteiger partial charge in [0, 0.05) is 20.0 Å². The molecule has 0 aromatic carbocycles. The van der Waals surface area contributed by atoms with Gasteiger partial charge in [-0.25, -0.2) is 0 Å². The van der Waals surface area contributed by atoms with Crippen LogP contribution in [0.25, 0.3) is 0 Å². The summed E-state index contributed by atoms with van der Waals surface area (Å²) in [5.74, 6) is 0. The fourth-order valence-electron chi connectivity index (χ4n) is 0. The summed E-state index contributed by atoms with van der Waals surface area (Å²) in [5, 5.41) is 0. The molecular weight excluding hydrogens is 333 g/mol. The molecule has 0 spiro atoms. The Morgan fingerprint density at radius 2 is 1.14 bits per heavy atom. The van der Waals surface area contributed by atoms with Crippen LogP contribution in [0.5, 0.6) is 0 Å². The molecule has 0 aromatic rings. The van der Waals surface area contributed by atoms with Crippen LogP contribution in [0, 0.1) is 0 Å².